The van der Waals surface area contributed by atoms with Crippen LogP contribution in [0.5, 0.6) is 5.75 Å². The van der Waals surface area contributed by atoms with Gasteiger partial charge in [0.15, 0.2) is 0 Å². The van der Waals surface area contributed by atoms with Crippen LogP contribution in [0.2, 0.25) is 0 Å². The van der Waals surface area contributed by atoms with Gasteiger partial charge in [0, 0.05) is 6.42 Å². The highest BCUT2D eigenvalue weighted by atomic mass is 16.6. The molecule has 1 saturated carbocycles. The maximum atomic E-state index is 12.4. The van der Waals surface area contributed by atoms with Gasteiger partial charge in [-0.2, -0.15) is 0 Å². The van der Waals surface area contributed by atoms with Crippen molar-refractivity contribution in [1.29, 1.82) is 0 Å². The fraction of sp³-hybridized carbons (Fsp3) is 0.500. The van der Waals surface area contributed by atoms with Gasteiger partial charge in [-0.25, -0.2) is 14.4 Å². The topological polar surface area (TPSA) is 128 Å². The Morgan fingerprint density at radius 3 is 2.31 bits per heavy atom. The third-order valence-corrected chi connectivity index (χ3v) is 3.74. The van der Waals surface area contributed by atoms with E-state index in [1.165, 1.54) is 12.1 Å². The molecule has 0 spiro atoms. The zero-order chi connectivity index (χ0) is 19.5. The number of phenolic OH excluding ortho intramolecular Hbond substituents is 1. The van der Waals surface area contributed by atoms with Gasteiger partial charge in [-0.1, -0.05) is 12.1 Å². The highest BCUT2D eigenvalue weighted by Crippen LogP contribution is 2.33. The second-order valence-electron chi connectivity index (χ2n) is 7.43. The van der Waals surface area contributed by atoms with Crippen molar-refractivity contribution >= 4 is 18.0 Å². The van der Waals surface area contributed by atoms with Crippen LogP contribution in [0.15, 0.2) is 24.3 Å². The van der Waals surface area contributed by atoms with Crippen LogP contribution in [0.1, 0.15) is 39.2 Å². The van der Waals surface area contributed by atoms with E-state index in [0.717, 1.165) is 0 Å². The van der Waals surface area contributed by atoms with Crippen LogP contribution >= 0.6 is 0 Å². The summed E-state index contributed by atoms with van der Waals surface area (Å²) >= 11 is 0. The molecule has 2 rings (SSSR count). The first-order valence-electron chi connectivity index (χ1n) is 8.31. The lowest BCUT2D eigenvalue weighted by Gasteiger charge is -2.23. The molecular formula is C18H24N2O6. The van der Waals surface area contributed by atoms with Crippen molar-refractivity contribution < 1.29 is 29.0 Å². The van der Waals surface area contributed by atoms with Crippen molar-refractivity contribution in [2.75, 3.05) is 0 Å². The zero-order valence-electron chi connectivity index (χ0n) is 15.1. The molecule has 0 aliphatic heterocycles. The summed E-state index contributed by atoms with van der Waals surface area (Å²) in [5, 5.41) is 11.8. The van der Waals surface area contributed by atoms with Crippen LogP contribution in [0.4, 0.5) is 4.79 Å². The van der Waals surface area contributed by atoms with E-state index in [2.05, 4.69) is 5.32 Å². The van der Waals surface area contributed by atoms with Crippen LogP contribution in [0.25, 0.3) is 0 Å². The number of hydrogen-bond donors (Lipinski definition) is 3. The minimum absolute atomic E-state index is 0.0587. The maximum Gasteiger partial charge on any atom is 0.408 e. The number of amides is 1. The standard InChI is InChI=1S/C18H24N2O6/c1-17(2,3)26-16(24)20-13(10-11-4-6-12(21)7-5-11)14(22)25-15(23)18(19)8-9-18/h4-7,13,21H,8-10,19H2,1-3H3,(H,20,24)/t13-/m0/s1. The first-order valence-corrected chi connectivity index (χ1v) is 8.31. The largest absolute Gasteiger partial charge is 0.508 e. The minimum atomic E-state index is -1.14. The number of nitrogens with one attached hydrogen (secondary N) is 1. The van der Waals surface area contributed by atoms with Crippen LogP contribution in [-0.2, 0) is 25.5 Å². The Kier molecular flexibility index (Phi) is 5.56. The van der Waals surface area contributed by atoms with Gasteiger partial charge in [-0.15, -0.1) is 0 Å². The smallest absolute Gasteiger partial charge is 0.408 e. The van der Waals surface area contributed by atoms with E-state index < -0.39 is 35.2 Å². The van der Waals surface area contributed by atoms with Gasteiger partial charge in [0.05, 0.1) is 0 Å². The van der Waals surface area contributed by atoms with Gasteiger partial charge in [-0.05, 0) is 51.3 Å². The number of esters is 2. The summed E-state index contributed by atoms with van der Waals surface area (Å²) in [5.74, 6) is -1.64. The molecule has 0 saturated heterocycles. The lowest BCUT2D eigenvalue weighted by Crippen LogP contribution is -2.47. The molecule has 26 heavy (non-hydrogen) atoms. The lowest BCUT2D eigenvalue weighted by molar-refractivity contribution is -0.162. The molecule has 0 radical (unpaired) electrons. The quantitative estimate of drug-likeness (QED) is 0.532. The summed E-state index contributed by atoms with van der Waals surface area (Å²) in [6.45, 7) is 5.07. The van der Waals surface area contributed by atoms with Crippen LogP contribution in [0.3, 0.4) is 0 Å². The van der Waals surface area contributed by atoms with Crippen molar-refractivity contribution in [2.45, 2.75) is 57.2 Å². The first kappa shape index (κ1) is 19.7. The Balaban J connectivity index is 2.08. The van der Waals surface area contributed by atoms with Crippen molar-refractivity contribution in [3.8, 4) is 5.75 Å². The zero-order valence-corrected chi connectivity index (χ0v) is 15.1. The number of hydrogen-bond acceptors (Lipinski definition) is 7. The average molecular weight is 364 g/mol. The Bertz CT molecular complexity index is 689. The van der Waals surface area contributed by atoms with Gasteiger partial charge in [0.25, 0.3) is 0 Å². The average Bonchev–Trinajstić information content (AvgIpc) is 3.26. The van der Waals surface area contributed by atoms with Gasteiger partial charge in [0.1, 0.15) is 22.9 Å². The molecule has 1 aliphatic carbocycles. The van der Waals surface area contributed by atoms with E-state index in [1.54, 1.807) is 32.9 Å². The molecule has 142 valence electrons. The first-order chi connectivity index (χ1) is 12.0. The molecule has 1 aromatic rings. The predicted octanol–water partition coefficient (Wildman–Crippen LogP) is 1.39. The van der Waals surface area contributed by atoms with E-state index in [4.69, 9.17) is 15.2 Å². The third kappa shape index (κ3) is 5.73. The number of carbonyl (C=O) groups excluding carboxylic acids is 3. The molecule has 8 heteroatoms. The SMILES string of the molecule is CC(C)(C)OC(=O)N[C@@H](Cc1ccc(O)cc1)C(=O)OC(=O)C1(N)CC1. The van der Waals surface area contributed by atoms with E-state index >= 15 is 0 Å². The van der Waals surface area contributed by atoms with Crippen molar-refractivity contribution in [2.24, 2.45) is 5.73 Å². The normalized spacial score (nSPS) is 16.3. The Morgan fingerprint density at radius 1 is 1.23 bits per heavy atom. The number of rotatable bonds is 5. The molecule has 0 unspecified atom stereocenters. The van der Waals surface area contributed by atoms with E-state index in [0.29, 0.717) is 18.4 Å². The molecule has 1 fully saturated rings. The van der Waals surface area contributed by atoms with Crippen molar-refractivity contribution in [3.63, 3.8) is 0 Å². The summed E-state index contributed by atoms with van der Waals surface area (Å²) in [5.41, 5.74) is 4.53. The number of alkyl carbamates (subject to hydrolysis) is 1. The molecule has 0 heterocycles. The predicted molar refractivity (Wildman–Crippen MR) is 92.2 cm³/mol. The number of nitrogens with two attached hydrogens (primary N) is 1. The molecular weight excluding hydrogens is 340 g/mol. The van der Waals surface area contributed by atoms with Gasteiger partial charge >= 0.3 is 18.0 Å². The summed E-state index contributed by atoms with van der Waals surface area (Å²) < 4.78 is 10.00. The molecule has 0 aromatic heterocycles. The van der Waals surface area contributed by atoms with Crippen LogP contribution in [0, 0.1) is 0 Å². The maximum absolute atomic E-state index is 12.4. The molecule has 0 bridgehead atoms. The number of phenols is 1. The molecule has 4 N–H and O–H groups in total. The summed E-state index contributed by atoms with van der Waals surface area (Å²) in [4.78, 5) is 36.3. The number of ether oxygens (including phenoxy) is 2. The molecule has 1 aromatic carbocycles. The van der Waals surface area contributed by atoms with Gasteiger partial charge < -0.3 is 25.6 Å². The van der Waals surface area contributed by atoms with Crippen LogP contribution < -0.4 is 11.1 Å². The number of aromatic hydroxyl groups is 1. The van der Waals surface area contributed by atoms with Crippen molar-refractivity contribution in [1.82, 2.24) is 5.32 Å². The summed E-state index contributed by atoms with van der Waals surface area (Å²) in [6, 6.07) is 4.96. The number of benzene rings is 1. The van der Waals surface area contributed by atoms with E-state index in [1.807, 2.05) is 0 Å². The second kappa shape index (κ2) is 7.33. The van der Waals surface area contributed by atoms with Gasteiger partial charge in [0.2, 0.25) is 0 Å². The third-order valence-electron chi connectivity index (χ3n) is 3.74. The van der Waals surface area contributed by atoms with Crippen LogP contribution in [-0.4, -0.2) is 40.3 Å². The monoisotopic (exact) mass is 364 g/mol. The Hall–Kier alpha value is -2.61. The molecule has 1 amide bonds. The summed E-state index contributed by atoms with van der Waals surface area (Å²) in [6.07, 6.45) is 0.172. The lowest BCUT2D eigenvalue weighted by atomic mass is 10.1. The van der Waals surface area contributed by atoms with Crippen molar-refractivity contribution in [3.05, 3.63) is 29.8 Å². The second-order valence-corrected chi connectivity index (χ2v) is 7.43. The summed E-state index contributed by atoms with van der Waals surface area (Å²) in [7, 11) is 0. The van der Waals surface area contributed by atoms with E-state index in [-0.39, 0.29) is 12.2 Å². The molecule has 8 nitrogen and oxygen atoms in total. The molecule has 1 atom stereocenters. The minimum Gasteiger partial charge on any atom is -0.508 e. The van der Waals surface area contributed by atoms with E-state index in [9.17, 15) is 19.5 Å². The highest BCUT2D eigenvalue weighted by molar-refractivity contribution is 5.95. The Labute approximate surface area is 151 Å². The highest BCUT2D eigenvalue weighted by Gasteiger charge is 2.49. The molecule has 1 aliphatic rings. The number of carbonyl (C=O) groups is 3. The fourth-order valence-electron chi connectivity index (χ4n) is 2.11. The van der Waals surface area contributed by atoms with Gasteiger partial charge in [-0.3, -0.25) is 0 Å². The Morgan fingerprint density at radius 2 is 1.81 bits per heavy atom. The fourth-order valence-corrected chi connectivity index (χ4v) is 2.11.